The van der Waals surface area contributed by atoms with E-state index in [0.29, 0.717) is 12.8 Å². The molecule has 1 unspecified atom stereocenters. The summed E-state index contributed by atoms with van der Waals surface area (Å²) in [6.45, 7) is 3.19. The fourth-order valence-electron chi connectivity index (χ4n) is 2.76. The van der Waals surface area contributed by atoms with Crippen molar-refractivity contribution in [2.45, 2.75) is 18.9 Å². The number of hydrogen-bond acceptors (Lipinski definition) is 4. The molecule has 1 aromatic rings. The molecule has 0 radical (unpaired) electrons. The van der Waals surface area contributed by atoms with E-state index in [1.807, 2.05) is 6.07 Å². The lowest BCUT2D eigenvalue weighted by Crippen LogP contribution is -2.29. The van der Waals surface area contributed by atoms with Crippen molar-refractivity contribution < 1.29 is 9.47 Å². The molecular weight excluding hydrogens is 216 g/mol. The average Bonchev–Trinajstić information content (AvgIpc) is 2.96. The first-order valence-corrected chi connectivity index (χ1v) is 6.22. The molecule has 0 spiro atoms. The summed E-state index contributed by atoms with van der Waals surface area (Å²) in [4.78, 5) is 2.46. The van der Waals surface area contributed by atoms with Crippen molar-refractivity contribution in [1.29, 1.82) is 0 Å². The van der Waals surface area contributed by atoms with Crippen molar-refractivity contribution in [3.63, 3.8) is 0 Å². The van der Waals surface area contributed by atoms with E-state index in [1.54, 1.807) is 0 Å². The number of hydrogen-bond donors (Lipinski definition) is 1. The summed E-state index contributed by atoms with van der Waals surface area (Å²) in [5, 5.41) is 0. The summed E-state index contributed by atoms with van der Waals surface area (Å²) in [5.41, 5.74) is 6.97. The van der Waals surface area contributed by atoms with Crippen molar-refractivity contribution in [1.82, 2.24) is 4.90 Å². The van der Waals surface area contributed by atoms with Crippen molar-refractivity contribution in [3.8, 4) is 11.5 Å². The second kappa shape index (κ2) is 4.55. The largest absolute Gasteiger partial charge is 0.454 e. The van der Waals surface area contributed by atoms with E-state index in [-0.39, 0.29) is 0 Å². The normalized spacial score (nSPS) is 23.2. The summed E-state index contributed by atoms with van der Waals surface area (Å²) < 4.78 is 10.8. The second-order valence-electron chi connectivity index (χ2n) is 4.60. The van der Waals surface area contributed by atoms with Crippen LogP contribution in [0.25, 0.3) is 0 Å². The summed E-state index contributed by atoms with van der Waals surface area (Å²) in [6.07, 6.45) is 2.46. The Morgan fingerprint density at radius 1 is 1.29 bits per heavy atom. The van der Waals surface area contributed by atoms with Gasteiger partial charge in [0.1, 0.15) is 0 Å². The van der Waals surface area contributed by atoms with Gasteiger partial charge in [0, 0.05) is 19.1 Å². The van der Waals surface area contributed by atoms with Gasteiger partial charge in [-0.15, -0.1) is 0 Å². The minimum atomic E-state index is 0.343. The van der Waals surface area contributed by atoms with Gasteiger partial charge in [0.25, 0.3) is 0 Å². The van der Waals surface area contributed by atoms with Gasteiger partial charge in [-0.05, 0) is 37.1 Å². The standard InChI is InChI=1S/C13H18N2O2/c14-5-7-15-6-1-2-11(15)10-3-4-12-13(8-10)17-9-16-12/h3-4,8,11H,1-2,5-7,9,14H2. The quantitative estimate of drug-likeness (QED) is 0.861. The maximum Gasteiger partial charge on any atom is 0.231 e. The molecule has 2 heterocycles. The fourth-order valence-corrected chi connectivity index (χ4v) is 2.76. The monoisotopic (exact) mass is 234 g/mol. The van der Waals surface area contributed by atoms with E-state index in [1.165, 1.54) is 18.4 Å². The number of likely N-dealkylation sites (tertiary alicyclic amines) is 1. The number of fused-ring (bicyclic) bond motifs is 1. The molecule has 0 bridgehead atoms. The van der Waals surface area contributed by atoms with Crippen molar-refractivity contribution in [3.05, 3.63) is 23.8 Å². The van der Waals surface area contributed by atoms with Gasteiger partial charge in [0.2, 0.25) is 6.79 Å². The van der Waals surface area contributed by atoms with Crippen molar-refractivity contribution in [2.24, 2.45) is 5.73 Å². The zero-order chi connectivity index (χ0) is 11.7. The van der Waals surface area contributed by atoms with Crippen LogP contribution in [0, 0.1) is 0 Å². The molecule has 1 fully saturated rings. The van der Waals surface area contributed by atoms with E-state index in [4.69, 9.17) is 15.2 Å². The predicted molar refractivity (Wildman–Crippen MR) is 65.2 cm³/mol. The van der Waals surface area contributed by atoms with Gasteiger partial charge in [-0.25, -0.2) is 0 Å². The molecule has 17 heavy (non-hydrogen) atoms. The molecule has 1 aromatic carbocycles. The predicted octanol–water partition coefficient (Wildman–Crippen LogP) is 1.51. The highest BCUT2D eigenvalue weighted by atomic mass is 16.7. The Labute approximate surface area is 101 Å². The van der Waals surface area contributed by atoms with Crippen LogP contribution in [0.2, 0.25) is 0 Å². The summed E-state index contributed by atoms with van der Waals surface area (Å²) in [5.74, 6) is 1.74. The van der Waals surface area contributed by atoms with E-state index in [0.717, 1.165) is 31.1 Å². The van der Waals surface area contributed by atoms with Gasteiger partial charge in [0.05, 0.1) is 0 Å². The Morgan fingerprint density at radius 3 is 3.06 bits per heavy atom. The van der Waals surface area contributed by atoms with Crippen LogP contribution in [0.15, 0.2) is 18.2 Å². The van der Waals surface area contributed by atoms with E-state index < -0.39 is 0 Å². The minimum Gasteiger partial charge on any atom is -0.454 e. The summed E-state index contributed by atoms with van der Waals surface area (Å²) in [7, 11) is 0. The maximum atomic E-state index is 5.65. The highest BCUT2D eigenvalue weighted by molar-refractivity contribution is 5.45. The number of rotatable bonds is 3. The first kappa shape index (κ1) is 10.9. The third-order valence-corrected chi connectivity index (χ3v) is 3.56. The molecule has 92 valence electrons. The number of benzene rings is 1. The lowest BCUT2D eigenvalue weighted by atomic mass is 10.0. The van der Waals surface area contributed by atoms with E-state index >= 15 is 0 Å². The zero-order valence-corrected chi connectivity index (χ0v) is 9.89. The molecule has 2 aliphatic rings. The van der Waals surface area contributed by atoms with Crippen LogP contribution in [0.1, 0.15) is 24.4 Å². The smallest absolute Gasteiger partial charge is 0.231 e. The third-order valence-electron chi connectivity index (χ3n) is 3.56. The highest BCUT2D eigenvalue weighted by Gasteiger charge is 2.26. The molecule has 0 saturated carbocycles. The van der Waals surface area contributed by atoms with Crippen LogP contribution in [0.5, 0.6) is 11.5 Å². The minimum absolute atomic E-state index is 0.343. The Morgan fingerprint density at radius 2 is 2.18 bits per heavy atom. The molecule has 0 aliphatic carbocycles. The molecule has 0 aromatic heterocycles. The second-order valence-corrected chi connectivity index (χ2v) is 4.60. The van der Waals surface area contributed by atoms with Crippen LogP contribution in [0.4, 0.5) is 0 Å². The van der Waals surface area contributed by atoms with Gasteiger partial charge in [-0.3, -0.25) is 4.90 Å². The maximum absolute atomic E-state index is 5.65. The molecule has 4 heteroatoms. The summed E-state index contributed by atoms with van der Waals surface area (Å²) in [6, 6.07) is 6.76. The van der Waals surface area contributed by atoms with Crippen LogP contribution in [-0.4, -0.2) is 31.3 Å². The SMILES string of the molecule is NCCN1CCCC1c1ccc2c(c1)OCO2. The van der Waals surface area contributed by atoms with Crippen molar-refractivity contribution in [2.75, 3.05) is 26.4 Å². The Balaban J connectivity index is 1.83. The molecule has 4 nitrogen and oxygen atoms in total. The zero-order valence-electron chi connectivity index (χ0n) is 9.89. The van der Waals surface area contributed by atoms with Crippen LogP contribution >= 0.6 is 0 Å². The first-order valence-electron chi connectivity index (χ1n) is 6.22. The van der Waals surface area contributed by atoms with Crippen LogP contribution in [-0.2, 0) is 0 Å². The molecule has 3 rings (SSSR count). The van der Waals surface area contributed by atoms with E-state index in [2.05, 4.69) is 17.0 Å². The lowest BCUT2D eigenvalue weighted by Gasteiger charge is -2.24. The van der Waals surface area contributed by atoms with Gasteiger partial charge in [-0.1, -0.05) is 6.07 Å². The molecule has 1 saturated heterocycles. The Hall–Kier alpha value is -1.26. The number of nitrogens with two attached hydrogens (primary N) is 1. The average molecular weight is 234 g/mol. The lowest BCUT2D eigenvalue weighted by molar-refractivity contribution is 0.174. The molecule has 1 atom stereocenters. The number of ether oxygens (including phenoxy) is 2. The summed E-state index contributed by atoms with van der Waals surface area (Å²) >= 11 is 0. The highest BCUT2D eigenvalue weighted by Crippen LogP contribution is 2.38. The van der Waals surface area contributed by atoms with E-state index in [9.17, 15) is 0 Å². The third kappa shape index (κ3) is 1.98. The Kier molecular flexibility index (Phi) is 2.91. The molecular formula is C13H18N2O2. The first-order chi connectivity index (χ1) is 8.38. The van der Waals surface area contributed by atoms with Crippen LogP contribution < -0.4 is 15.2 Å². The van der Waals surface area contributed by atoms with Gasteiger partial charge in [0.15, 0.2) is 11.5 Å². The number of nitrogens with zero attached hydrogens (tertiary/aromatic N) is 1. The molecule has 2 N–H and O–H groups in total. The molecule has 2 aliphatic heterocycles. The van der Waals surface area contributed by atoms with Gasteiger partial charge < -0.3 is 15.2 Å². The van der Waals surface area contributed by atoms with Crippen molar-refractivity contribution >= 4 is 0 Å². The van der Waals surface area contributed by atoms with Gasteiger partial charge in [-0.2, -0.15) is 0 Å². The molecule has 0 amide bonds. The van der Waals surface area contributed by atoms with Gasteiger partial charge >= 0.3 is 0 Å². The van der Waals surface area contributed by atoms with Crippen LogP contribution in [0.3, 0.4) is 0 Å². The fraction of sp³-hybridized carbons (Fsp3) is 0.538. The Bertz CT molecular complexity index is 408. The topological polar surface area (TPSA) is 47.7 Å².